The molecular formula is C17H19N3O5S. The lowest BCUT2D eigenvalue weighted by Gasteiger charge is -2.16. The number of pyridine rings is 1. The first-order valence-corrected chi connectivity index (χ1v) is 9.50. The molecule has 2 aromatic rings. The molecular weight excluding hydrogens is 358 g/mol. The van der Waals surface area contributed by atoms with E-state index in [-0.39, 0.29) is 21.9 Å². The number of rotatable bonds is 5. The fraction of sp³-hybridized carbons (Fsp3) is 0.294. The molecule has 9 heteroatoms. The predicted octanol–water partition coefficient (Wildman–Crippen LogP) is 1.83. The molecule has 1 fully saturated rings. The lowest BCUT2D eigenvalue weighted by atomic mass is 10.2. The Balaban J connectivity index is 1.84. The summed E-state index contributed by atoms with van der Waals surface area (Å²) in [5, 5.41) is 12.5. The molecule has 0 bridgehead atoms. The van der Waals surface area contributed by atoms with Crippen molar-refractivity contribution in [3.05, 3.63) is 42.1 Å². The van der Waals surface area contributed by atoms with Crippen molar-refractivity contribution in [2.45, 2.75) is 17.7 Å². The third-order valence-corrected chi connectivity index (χ3v) is 6.02. The van der Waals surface area contributed by atoms with Crippen LogP contribution in [0, 0.1) is 0 Å². The predicted molar refractivity (Wildman–Crippen MR) is 94.8 cm³/mol. The van der Waals surface area contributed by atoms with E-state index in [2.05, 4.69) is 10.3 Å². The lowest BCUT2D eigenvalue weighted by molar-refractivity contribution is 0.102. The van der Waals surface area contributed by atoms with Gasteiger partial charge in [0.2, 0.25) is 15.9 Å². The van der Waals surface area contributed by atoms with Crippen LogP contribution in [0.4, 0.5) is 5.69 Å². The number of aromatic nitrogens is 1. The van der Waals surface area contributed by atoms with Crippen LogP contribution in [0.5, 0.6) is 11.6 Å². The molecule has 1 aliphatic rings. The summed E-state index contributed by atoms with van der Waals surface area (Å²) in [6, 6.07) is 6.89. The van der Waals surface area contributed by atoms with Crippen LogP contribution in [0.2, 0.25) is 0 Å². The van der Waals surface area contributed by atoms with E-state index in [4.69, 9.17) is 4.74 Å². The number of ether oxygens (including phenoxy) is 1. The van der Waals surface area contributed by atoms with Gasteiger partial charge in [-0.15, -0.1) is 0 Å². The first-order valence-electron chi connectivity index (χ1n) is 8.06. The molecule has 1 amide bonds. The molecule has 0 radical (unpaired) electrons. The van der Waals surface area contributed by atoms with Crippen molar-refractivity contribution in [2.75, 3.05) is 25.5 Å². The molecule has 3 rings (SSSR count). The molecule has 1 aliphatic heterocycles. The van der Waals surface area contributed by atoms with Gasteiger partial charge >= 0.3 is 0 Å². The monoisotopic (exact) mass is 377 g/mol. The van der Waals surface area contributed by atoms with Crippen molar-refractivity contribution < 1.29 is 23.1 Å². The Morgan fingerprint density at radius 1 is 1.23 bits per heavy atom. The molecule has 26 heavy (non-hydrogen) atoms. The average molecular weight is 377 g/mol. The van der Waals surface area contributed by atoms with Gasteiger partial charge < -0.3 is 15.2 Å². The van der Waals surface area contributed by atoms with Crippen molar-refractivity contribution in [2.24, 2.45) is 0 Å². The van der Waals surface area contributed by atoms with Gasteiger partial charge in [-0.2, -0.15) is 4.31 Å². The minimum absolute atomic E-state index is 0.0195. The van der Waals surface area contributed by atoms with Gasteiger partial charge in [0.1, 0.15) is 5.75 Å². The van der Waals surface area contributed by atoms with Gasteiger partial charge in [0.15, 0.2) is 0 Å². The third kappa shape index (κ3) is 3.63. The minimum atomic E-state index is -3.65. The number of carbonyl (C=O) groups excluding carboxylic acids is 1. The van der Waals surface area contributed by atoms with E-state index >= 15 is 0 Å². The molecule has 0 unspecified atom stereocenters. The lowest BCUT2D eigenvalue weighted by Crippen LogP contribution is -2.28. The summed E-state index contributed by atoms with van der Waals surface area (Å²) < 4.78 is 31.6. The molecule has 0 saturated carbocycles. The molecule has 0 aliphatic carbocycles. The summed E-state index contributed by atoms with van der Waals surface area (Å²) in [4.78, 5) is 16.3. The first-order chi connectivity index (χ1) is 12.4. The minimum Gasteiger partial charge on any atom is -0.506 e. The van der Waals surface area contributed by atoms with E-state index in [1.54, 1.807) is 0 Å². The zero-order valence-corrected chi connectivity index (χ0v) is 15.0. The Morgan fingerprint density at radius 2 is 1.96 bits per heavy atom. The van der Waals surface area contributed by atoms with Gasteiger partial charge in [0.05, 0.1) is 23.3 Å². The number of phenols is 1. The van der Waals surface area contributed by atoms with E-state index in [1.165, 1.54) is 47.9 Å². The maximum absolute atomic E-state index is 12.6. The van der Waals surface area contributed by atoms with E-state index in [0.29, 0.717) is 19.0 Å². The normalized spacial score (nSPS) is 15.0. The average Bonchev–Trinajstić information content (AvgIpc) is 3.19. The Morgan fingerprint density at radius 3 is 2.58 bits per heavy atom. The largest absolute Gasteiger partial charge is 0.506 e. The molecule has 2 N–H and O–H groups in total. The number of nitrogens with one attached hydrogen (secondary N) is 1. The second kappa shape index (κ2) is 7.30. The molecule has 8 nitrogen and oxygen atoms in total. The maximum atomic E-state index is 12.6. The van der Waals surface area contributed by atoms with E-state index in [1.807, 2.05) is 0 Å². The second-order valence-corrected chi connectivity index (χ2v) is 7.77. The van der Waals surface area contributed by atoms with Gasteiger partial charge in [-0.25, -0.2) is 13.4 Å². The molecule has 1 saturated heterocycles. The summed E-state index contributed by atoms with van der Waals surface area (Å²) >= 11 is 0. The van der Waals surface area contributed by atoms with Crippen LogP contribution >= 0.6 is 0 Å². The topological polar surface area (TPSA) is 109 Å². The number of phenolic OH excluding ortho intramolecular Hbond substituents is 1. The standard InChI is InChI=1S/C17H19N3O5S/c1-25-16-7-4-12(11-18-16)17(22)19-14-10-13(5-6-15(14)21)26(23,24)20-8-2-3-9-20/h4-7,10-11,21H,2-3,8-9H2,1H3,(H,19,22). The zero-order chi connectivity index (χ0) is 18.7. The summed E-state index contributed by atoms with van der Waals surface area (Å²) in [5.41, 5.74) is 0.268. The number of hydrogen-bond donors (Lipinski definition) is 2. The molecule has 1 aromatic carbocycles. The molecule has 0 spiro atoms. The molecule has 1 aromatic heterocycles. The van der Waals surface area contributed by atoms with E-state index in [9.17, 15) is 18.3 Å². The molecule has 0 atom stereocenters. The fourth-order valence-corrected chi connectivity index (χ4v) is 4.23. The van der Waals surface area contributed by atoms with Crippen LogP contribution in [0.3, 0.4) is 0 Å². The highest BCUT2D eigenvalue weighted by atomic mass is 32.2. The smallest absolute Gasteiger partial charge is 0.257 e. The van der Waals surface area contributed by atoms with Crippen LogP contribution < -0.4 is 10.1 Å². The number of nitrogens with zero attached hydrogens (tertiary/aromatic N) is 2. The number of methoxy groups -OCH3 is 1. The van der Waals surface area contributed by atoms with Crippen molar-refractivity contribution in [3.63, 3.8) is 0 Å². The van der Waals surface area contributed by atoms with Crippen LogP contribution in [-0.4, -0.2) is 48.9 Å². The van der Waals surface area contributed by atoms with Gasteiger partial charge in [-0.3, -0.25) is 4.79 Å². The van der Waals surface area contributed by atoms with Crippen LogP contribution in [-0.2, 0) is 10.0 Å². The quantitative estimate of drug-likeness (QED) is 0.770. The summed E-state index contributed by atoms with van der Waals surface area (Å²) in [7, 11) is -2.18. The van der Waals surface area contributed by atoms with Crippen LogP contribution in [0.1, 0.15) is 23.2 Å². The summed E-state index contributed by atoms with van der Waals surface area (Å²) in [5.74, 6) is -0.380. The number of amides is 1. The molecule has 138 valence electrons. The van der Waals surface area contributed by atoms with Crippen molar-refractivity contribution in [1.29, 1.82) is 0 Å². The van der Waals surface area contributed by atoms with Crippen LogP contribution in [0.15, 0.2) is 41.4 Å². The van der Waals surface area contributed by atoms with Crippen molar-refractivity contribution in [1.82, 2.24) is 9.29 Å². The summed E-state index contributed by atoms with van der Waals surface area (Å²) in [6.45, 7) is 0.949. The van der Waals surface area contributed by atoms with Gasteiger partial charge in [-0.05, 0) is 37.1 Å². The summed E-state index contributed by atoms with van der Waals surface area (Å²) in [6.07, 6.45) is 2.98. The van der Waals surface area contributed by atoms with Gasteiger partial charge in [0.25, 0.3) is 5.91 Å². The Kier molecular flexibility index (Phi) is 5.10. The number of anilines is 1. The van der Waals surface area contributed by atoms with Crippen molar-refractivity contribution >= 4 is 21.6 Å². The number of carbonyl (C=O) groups is 1. The molecule has 2 heterocycles. The highest BCUT2D eigenvalue weighted by molar-refractivity contribution is 7.89. The van der Waals surface area contributed by atoms with Gasteiger partial charge in [-0.1, -0.05) is 0 Å². The Hall–Kier alpha value is -2.65. The van der Waals surface area contributed by atoms with E-state index < -0.39 is 15.9 Å². The Labute approximate surface area is 151 Å². The SMILES string of the molecule is COc1ccc(C(=O)Nc2cc(S(=O)(=O)N3CCCC3)ccc2O)cn1. The van der Waals surface area contributed by atoms with Gasteiger partial charge in [0, 0.05) is 25.4 Å². The maximum Gasteiger partial charge on any atom is 0.257 e. The zero-order valence-electron chi connectivity index (χ0n) is 14.2. The third-order valence-electron chi connectivity index (χ3n) is 4.13. The number of benzene rings is 1. The number of sulfonamides is 1. The van der Waals surface area contributed by atoms with E-state index in [0.717, 1.165) is 12.8 Å². The van der Waals surface area contributed by atoms with Crippen LogP contribution in [0.25, 0.3) is 0 Å². The van der Waals surface area contributed by atoms with Crippen molar-refractivity contribution in [3.8, 4) is 11.6 Å². The second-order valence-electron chi connectivity index (χ2n) is 5.83. The first kappa shape index (κ1) is 18.2. The number of aromatic hydroxyl groups is 1. The Bertz CT molecular complexity index is 906. The highest BCUT2D eigenvalue weighted by Gasteiger charge is 2.28. The number of hydrogen-bond acceptors (Lipinski definition) is 6. The highest BCUT2D eigenvalue weighted by Crippen LogP contribution is 2.29. The fourth-order valence-electron chi connectivity index (χ4n) is 2.68.